The monoisotopic (exact) mass is 275 g/mol. The summed E-state index contributed by atoms with van der Waals surface area (Å²) in [7, 11) is 0. The van der Waals surface area contributed by atoms with Crippen LogP contribution in [-0.2, 0) is 4.79 Å². The van der Waals surface area contributed by atoms with Gasteiger partial charge in [-0.15, -0.1) is 0 Å². The Morgan fingerprint density at radius 2 is 2.00 bits per heavy atom. The number of carbonyl (C=O) groups excluding carboxylic acids is 2. The molecule has 5 heteroatoms. The Bertz CT molecular complexity index is 508. The SMILES string of the molecule is CCNC(=O)c1cccc(NC(=O)C2(N)CCCC2)c1. The van der Waals surface area contributed by atoms with Crippen molar-refractivity contribution in [3.8, 4) is 0 Å². The van der Waals surface area contributed by atoms with Crippen molar-refractivity contribution in [3.63, 3.8) is 0 Å². The van der Waals surface area contributed by atoms with E-state index >= 15 is 0 Å². The summed E-state index contributed by atoms with van der Waals surface area (Å²) in [6.45, 7) is 2.43. The van der Waals surface area contributed by atoms with Crippen molar-refractivity contribution >= 4 is 17.5 Å². The van der Waals surface area contributed by atoms with Crippen LogP contribution < -0.4 is 16.4 Å². The van der Waals surface area contributed by atoms with E-state index in [1.165, 1.54) is 0 Å². The molecular formula is C15H21N3O2. The zero-order chi connectivity index (χ0) is 14.6. The van der Waals surface area contributed by atoms with Crippen LogP contribution in [0.5, 0.6) is 0 Å². The molecule has 0 radical (unpaired) electrons. The first kappa shape index (κ1) is 14.5. The van der Waals surface area contributed by atoms with Crippen LogP contribution in [0.4, 0.5) is 5.69 Å². The third-order valence-corrected chi connectivity index (χ3v) is 3.67. The Kier molecular flexibility index (Phi) is 4.39. The number of amides is 2. The first-order valence-electron chi connectivity index (χ1n) is 7.04. The molecule has 5 nitrogen and oxygen atoms in total. The van der Waals surface area contributed by atoms with E-state index in [9.17, 15) is 9.59 Å². The van der Waals surface area contributed by atoms with Crippen molar-refractivity contribution in [1.82, 2.24) is 5.32 Å². The van der Waals surface area contributed by atoms with Gasteiger partial charge in [0.15, 0.2) is 0 Å². The van der Waals surface area contributed by atoms with Gasteiger partial charge >= 0.3 is 0 Å². The summed E-state index contributed by atoms with van der Waals surface area (Å²) < 4.78 is 0. The average molecular weight is 275 g/mol. The maximum absolute atomic E-state index is 12.2. The van der Waals surface area contributed by atoms with Gasteiger partial charge < -0.3 is 16.4 Å². The molecule has 0 atom stereocenters. The number of rotatable bonds is 4. The van der Waals surface area contributed by atoms with Gasteiger partial charge in [0.1, 0.15) is 0 Å². The predicted octanol–water partition coefficient (Wildman–Crippen LogP) is 1.65. The Labute approximate surface area is 118 Å². The lowest BCUT2D eigenvalue weighted by Gasteiger charge is -2.22. The van der Waals surface area contributed by atoms with E-state index in [4.69, 9.17) is 5.73 Å². The summed E-state index contributed by atoms with van der Waals surface area (Å²) >= 11 is 0. The Morgan fingerprint density at radius 3 is 2.65 bits per heavy atom. The summed E-state index contributed by atoms with van der Waals surface area (Å²) in [6, 6.07) is 6.90. The van der Waals surface area contributed by atoms with Crippen LogP contribution in [0.1, 0.15) is 43.0 Å². The van der Waals surface area contributed by atoms with E-state index in [0.717, 1.165) is 25.7 Å². The van der Waals surface area contributed by atoms with Crippen molar-refractivity contribution in [1.29, 1.82) is 0 Å². The molecule has 1 aromatic rings. The molecule has 0 aliphatic heterocycles. The van der Waals surface area contributed by atoms with Crippen LogP contribution in [0, 0.1) is 0 Å². The van der Waals surface area contributed by atoms with Gasteiger partial charge in [-0.2, -0.15) is 0 Å². The van der Waals surface area contributed by atoms with Gasteiger partial charge in [-0.05, 0) is 38.0 Å². The first-order valence-corrected chi connectivity index (χ1v) is 7.04. The highest BCUT2D eigenvalue weighted by Gasteiger charge is 2.36. The minimum absolute atomic E-state index is 0.146. The molecular weight excluding hydrogens is 254 g/mol. The highest BCUT2D eigenvalue weighted by molar-refractivity contribution is 6.00. The number of carbonyl (C=O) groups is 2. The molecule has 1 aliphatic carbocycles. The fourth-order valence-electron chi connectivity index (χ4n) is 2.49. The van der Waals surface area contributed by atoms with E-state index in [2.05, 4.69) is 10.6 Å². The lowest BCUT2D eigenvalue weighted by Crippen LogP contribution is -2.48. The number of hydrogen-bond acceptors (Lipinski definition) is 3. The second-order valence-electron chi connectivity index (χ2n) is 5.26. The molecule has 1 aliphatic rings. The van der Waals surface area contributed by atoms with Crippen molar-refractivity contribution in [2.75, 3.05) is 11.9 Å². The number of nitrogens with one attached hydrogen (secondary N) is 2. The normalized spacial score (nSPS) is 16.7. The highest BCUT2D eigenvalue weighted by atomic mass is 16.2. The fraction of sp³-hybridized carbons (Fsp3) is 0.467. The van der Waals surface area contributed by atoms with Crippen LogP contribution in [0.25, 0.3) is 0 Å². The third-order valence-electron chi connectivity index (χ3n) is 3.67. The fourth-order valence-corrected chi connectivity index (χ4v) is 2.49. The minimum atomic E-state index is -0.762. The van der Waals surface area contributed by atoms with E-state index in [0.29, 0.717) is 17.8 Å². The highest BCUT2D eigenvalue weighted by Crippen LogP contribution is 2.28. The molecule has 0 unspecified atom stereocenters. The van der Waals surface area contributed by atoms with Gasteiger partial charge in [-0.25, -0.2) is 0 Å². The second-order valence-corrected chi connectivity index (χ2v) is 5.26. The topological polar surface area (TPSA) is 84.2 Å². The van der Waals surface area contributed by atoms with Gasteiger partial charge in [-0.3, -0.25) is 9.59 Å². The lowest BCUT2D eigenvalue weighted by atomic mass is 9.98. The van der Waals surface area contributed by atoms with Crippen molar-refractivity contribution in [3.05, 3.63) is 29.8 Å². The molecule has 108 valence electrons. The molecule has 0 spiro atoms. The maximum Gasteiger partial charge on any atom is 0.251 e. The van der Waals surface area contributed by atoms with Crippen LogP contribution >= 0.6 is 0 Å². The average Bonchev–Trinajstić information content (AvgIpc) is 2.88. The lowest BCUT2D eigenvalue weighted by molar-refractivity contribution is -0.121. The molecule has 1 saturated carbocycles. The quantitative estimate of drug-likeness (QED) is 0.781. The van der Waals surface area contributed by atoms with Crippen molar-refractivity contribution < 1.29 is 9.59 Å². The van der Waals surface area contributed by atoms with Gasteiger partial charge in [0.05, 0.1) is 5.54 Å². The summed E-state index contributed by atoms with van der Waals surface area (Å²) in [5.41, 5.74) is 6.48. The van der Waals surface area contributed by atoms with Gasteiger partial charge in [-0.1, -0.05) is 18.9 Å². The molecule has 0 bridgehead atoms. The van der Waals surface area contributed by atoms with Crippen LogP contribution in [0.2, 0.25) is 0 Å². The molecule has 20 heavy (non-hydrogen) atoms. The number of benzene rings is 1. The smallest absolute Gasteiger partial charge is 0.251 e. The van der Waals surface area contributed by atoms with E-state index in [1.807, 2.05) is 6.92 Å². The zero-order valence-electron chi connectivity index (χ0n) is 11.7. The van der Waals surface area contributed by atoms with E-state index in [1.54, 1.807) is 24.3 Å². The van der Waals surface area contributed by atoms with Crippen molar-refractivity contribution in [2.24, 2.45) is 5.73 Å². The summed E-state index contributed by atoms with van der Waals surface area (Å²) in [5, 5.41) is 5.55. The van der Waals surface area contributed by atoms with Gasteiger partial charge in [0, 0.05) is 17.8 Å². The predicted molar refractivity (Wildman–Crippen MR) is 78.5 cm³/mol. The summed E-state index contributed by atoms with van der Waals surface area (Å²) in [5.74, 6) is -0.310. The molecule has 4 N–H and O–H groups in total. The molecule has 0 heterocycles. The molecule has 1 aromatic carbocycles. The third kappa shape index (κ3) is 3.17. The van der Waals surface area contributed by atoms with E-state index in [-0.39, 0.29) is 11.8 Å². The molecule has 1 fully saturated rings. The van der Waals surface area contributed by atoms with Gasteiger partial charge in [0.2, 0.25) is 5.91 Å². The number of nitrogens with two attached hydrogens (primary N) is 1. The number of hydrogen-bond donors (Lipinski definition) is 3. The van der Waals surface area contributed by atoms with Crippen molar-refractivity contribution in [2.45, 2.75) is 38.1 Å². The largest absolute Gasteiger partial charge is 0.352 e. The van der Waals surface area contributed by atoms with Gasteiger partial charge in [0.25, 0.3) is 5.91 Å². The number of anilines is 1. The molecule has 0 saturated heterocycles. The summed E-state index contributed by atoms with van der Waals surface area (Å²) in [4.78, 5) is 24.0. The standard InChI is InChI=1S/C15H21N3O2/c1-2-17-13(19)11-6-5-7-12(10-11)18-14(20)15(16)8-3-4-9-15/h5-7,10H,2-4,8-9,16H2,1H3,(H,17,19)(H,18,20). The van der Waals surface area contributed by atoms with Crippen LogP contribution in [0.15, 0.2) is 24.3 Å². The summed E-state index contributed by atoms with van der Waals surface area (Å²) in [6.07, 6.45) is 3.41. The maximum atomic E-state index is 12.2. The molecule has 2 amide bonds. The van der Waals surface area contributed by atoms with Crippen LogP contribution in [-0.4, -0.2) is 23.9 Å². The Morgan fingerprint density at radius 1 is 1.30 bits per heavy atom. The van der Waals surface area contributed by atoms with Crippen LogP contribution in [0.3, 0.4) is 0 Å². The first-order chi connectivity index (χ1) is 9.55. The molecule has 0 aromatic heterocycles. The minimum Gasteiger partial charge on any atom is -0.352 e. The van der Waals surface area contributed by atoms with E-state index < -0.39 is 5.54 Å². The second kappa shape index (κ2) is 6.05. The Hall–Kier alpha value is -1.88. The molecule has 2 rings (SSSR count). The zero-order valence-corrected chi connectivity index (χ0v) is 11.7. The Balaban J connectivity index is 2.08.